The molecule has 1 amide bonds. The average Bonchev–Trinajstić information content (AvgIpc) is 2.34. The Balaban J connectivity index is 1.97. The molecule has 1 heterocycles. The van der Waals surface area contributed by atoms with E-state index in [1.807, 2.05) is 0 Å². The van der Waals surface area contributed by atoms with Crippen LogP contribution in [0.1, 0.15) is 57.8 Å². The molecule has 0 saturated heterocycles. The number of carbonyl (C=O) groups is 1. The molecule has 2 unspecified atom stereocenters. The standard InChI is InChI=1S/C13H22N2O/c16-13-11-8-6-4-2-1-3-5-7-9-12(11)14-10-15-13/h10-12H,1-9H2,(H,14,15,16). The zero-order valence-corrected chi connectivity index (χ0v) is 9.95. The van der Waals surface area contributed by atoms with Crippen LogP contribution in [0.5, 0.6) is 0 Å². The van der Waals surface area contributed by atoms with Gasteiger partial charge < -0.3 is 5.32 Å². The van der Waals surface area contributed by atoms with Crippen LogP contribution < -0.4 is 5.32 Å². The average molecular weight is 222 g/mol. The first kappa shape index (κ1) is 11.6. The molecule has 1 N–H and O–H groups in total. The number of fused-ring (bicyclic) bond motifs is 1. The van der Waals surface area contributed by atoms with E-state index in [0.29, 0.717) is 0 Å². The molecule has 0 bridgehead atoms. The Hall–Kier alpha value is -0.860. The molecule has 3 nitrogen and oxygen atoms in total. The Bertz CT molecular complexity index is 263. The van der Waals surface area contributed by atoms with Gasteiger partial charge in [0.2, 0.25) is 5.91 Å². The van der Waals surface area contributed by atoms with Gasteiger partial charge in [0.15, 0.2) is 0 Å². The topological polar surface area (TPSA) is 41.5 Å². The zero-order chi connectivity index (χ0) is 11.2. The Labute approximate surface area is 97.7 Å². The van der Waals surface area contributed by atoms with Crippen LogP contribution in [0.4, 0.5) is 0 Å². The quantitative estimate of drug-likeness (QED) is 0.672. The first-order valence-electron chi connectivity index (χ1n) is 6.70. The Kier molecular flexibility index (Phi) is 4.37. The third kappa shape index (κ3) is 3.06. The van der Waals surface area contributed by atoms with Crippen LogP contribution >= 0.6 is 0 Å². The van der Waals surface area contributed by atoms with Crippen molar-refractivity contribution in [3.63, 3.8) is 0 Å². The lowest BCUT2D eigenvalue weighted by atomic mass is 9.89. The van der Waals surface area contributed by atoms with Crippen LogP contribution in [0.2, 0.25) is 0 Å². The van der Waals surface area contributed by atoms with E-state index >= 15 is 0 Å². The summed E-state index contributed by atoms with van der Waals surface area (Å²) in [6.45, 7) is 0. The van der Waals surface area contributed by atoms with Gasteiger partial charge in [-0.25, -0.2) is 0 Å². The number of hydrogen-bond donors (Lipinski definition) is 1. The van der Waals surface area contributed by atoms with Gasteiger partial charge in [-0.15, -0.1) is 0 Å². The molecule has 0 aromatic rings. The van der Waals surface area contributed by atoms with Crippen molar-refractivity contribution in [3.05, 3.63) is 0 Å². The lowest BCUT2D eigenvalue weighted by Gasteiger charge is -2.25. The van der Waals surface area contributed by atoms with E-state index < -0.39 is 0 Å². The van der Waals surface area contributed by atoms with Crippen LogP contribution in [0.3, 0.4) is 0 Å². The fourth-order valence-electron chi connectivity index (χ4n) is 2.78. The number of hydrogen-bond acceptors (Lipinski definition) is 2. The highest BCUT2D eigenvalue weighted by atomic mass is 16.2. The van der Waals surface area contributed by atoms with Gasteiger partial charge in [0.05, 0.1) is 18.3 Å². The molecule has 0 radical (unpaired) electrons. The van der Waals surface area contributed by atoms with E-state index in [2.05, 4.69) is 10.3 Å². The highest BCUT2D eigenvalue weighted by Crippen LogP contribution is 2.25. The molecule has 0 aromatic carbocycles. The van der Waals surface area contributed by atoms with Crippen molar-refractivity contribution in [2.24, 2.45) is 10.9 Å². The molecular formula is C13H22N2O. The van der Waals surface area contributed by atoms with Gasteiger partial charge in [0.25, 0.3) is 0 Å². The fourth-order valence-corrected chi connectivity index (χ4v) is 2.78. The molecule has 3 heteroatoms. The molecule has 0 aromatic heterocycles. The van der Waals surface area contributed by atoms with E-state index in [-0.39, 0.29) is 17.9 Å². The van der Waals surface area contributed by atoms with Gasteiger partial charge in [-0.3, -0.25) is 9.79 Å². The van der Waals surface area contributed by atoms with Gasteiger partial charge in [-0.2, -0.15) is 0 Å². The van der Waals surface area contributed by atoms with Crippen molar-refractivity contribution in [3.8, 4) is 0 Å². The predicted molar refractivity (Wildman–Crippen MR) is 65.5 cm³/mol. The summed E-state index contributed by atoms with van der Waals surface area (Å²) in [5.41, 5.74) is 0. The van der Waals surface area contributed by atoms with Crippen molar-refractivity contribution >= 4 is 12.2 Å². The largest absolute Gasteiger partial charge is 0.317 e. The molecule has 0 spiro atoms. The molecule has 90 valence electrons. The first-order valence-corrected chi connectivity index (χ1v) is 6.70. The molecule has 2 atom stereocenters. The van der Waals surface area contributed by atoms with Crippen molar-refractivity contribution < 1.29 is 4.79 Å². The molecule has 1 saturated carbocycles. The summed E-state index contributed by atoms with van der Waals surface area (Å²) in [5, 5.41) is 2.75. The molecule has 1 fully saturated rings. The second-order valence-corrected chi connectivity index (χ2v) is 5.01. The lowest BCUT2D eigenvalue weighted by Crippen LogP contribution is -2.41. The van der Waals surface area contributed by atoms with Gasteiger partial charge in [-0.1, -0.05) is 44.9 Å². The minimum Gasteiger partial charge on any atom is -0.317 e. The normalized spacial score (nSPS) is 32.4. The van der Waals surface area contributed by atoms with Gasteiger partial charge >= 0.3 is 0 Å². The maximum Gasteiger partial charge on any atom is 0.230 e. The van der Waals surface area contributed by atoms with Crippen LogP contribution in [0.15, 0.2) is 4.99 Å². The fraction of sp³-hybridized carbons (Fsp3) is 0.846. The molecule has 2 rings (SSSR count). The summed E-state index contributed by atoms with van der Waals surface area (Å²) < 4.78 is 0. The smallest absolute Gasteiger partial charge is 0.230 e. The number of rotatable bonds is 0. The predicted octanol–water partition coefficient (Wildman–Crippen LogP) is 2.65. The van der Waals surface area contributed by atoms with Gasteiger partial charge in [0.1, 0.15) is 0 Å². The number of nitrogens with one attached hydrogen (secondary N) is 1. The van der Waals surface area contributed by atoms with Crippen LogP contribution in [0, 0.1) is 5.92 Å². The number of amides is 1. The SMILES string of the molecule is O=C1NC=NC2CCCCCCCCCC12. The van der Waals surface area contributed by atoms with Crippen LogP contribution in [-0.4, -0.2) is 18.3 Å². The number of carbonyl (C=O) groups excluding carboxylic acids is 1. The van der Waals surface area contributed by atoms with E-state index in [1.54, 1.807) is 6.34 Å². The Morgan fingerprint density at radius 2 is 1.62 bits per heavy atom. The van der Waals surface area contributed by atoms with Crippen LogP contribution in [-0.2, 0) is 4.79 Å². The van der Waals surface area contributed by atoms with Crippen LogP contribution in [0.25, 0.3) is 0 Å². The van der Waals surface area contributed by atoms with E-state index in [0.717, 1.165) is 12.8 Å². The number of aliphatic imine (C=N–C) groups is 1. The van der Waals surface area contributed by atoms with Crippen molar-refractivity contribution in [1.82, 2.24) is 5.32 Å². The molecule has 16 heavy (non-hydrogen) atoms. The summed E-state index contributed by atoms with van der Waals surface area (Å²) in [5.74, 6) is 0.336. The second-order valence-electron chi connectivity index (χ2n) is 5.01. The molecule has 1 aliphatic heterocycles. The third-order valence-corrected chi connectivity index (χ3v) is 3.79. The maximum absolute atomic E-state index is 11.8. The molecule has 1 aliphatic carbocycles. The summed E-state index contributed by atoms with van der Waals surface area (Å²) in [7, 11) is 0. The van der Waals surface area contributed by atoms with Crippen molar-refractivity contribution in [1.29, 1.82) is 0 Å². The zero-order valence-electron chi connectivity index (χ0n) is 9.95. The van der Waals surface area contributed by atoms with E-state index in [4.69, 9.17) is 0 Å². The first-order chi connectivity index (χ1) is 7.88. The monoisotopic (exact) mass is 222 g/mol. The van der Waals surface area contributed by atoms with Crippen molar-refractivity contribution in [2.75, 3.05) is 0 Å². The summed E-state index contributed by atoms with van der Waals surface area (Å²) in [6, 6.07) is 0.256. The Morgan fingerprint density at radius 1 is 1.00 bits per heavy atom. The highest BCUT2D eigenvalue weighted by molar-refractivity contribution is 5.91. The minimum absolute atomic E-state index is 0.142. The van der Waals surface area contributed by atoms with E-state index in [9.17, 15) is 4.79 Å². The van der Waals surface area contributed by atoms with Gasteiger partial charge in [-0.05, 0) is 12.8 Å². The van der Waals surface area contributed by atoms with E-state index in [1.165, 1.54) is 44.9 Å². The summed E-state index contributed by atoms with van der Waals surface area (Å²) in [4.78, 5) is 16.2. The third-order valence-electron chi connectivity index (χ3n) is 3.79. The summed E-state index contributed by atoms with van der Waals surface area (Å²) >= 11 is 0. The molecular weight excluding hydrogens is 200 g/mol. The molecule has 2 aliphatic rings. The van der Waals surface area contributed by atoms with Gasteiger partial charge in [0, 0.05) is 0 Å². The number of nitrogens with zero attached hydrogens (tertiary/aromatic N) is 1. The maximum atomic E-state index is 11.8. The second kappa shape index (κ2) is 6.02. The summed E-state index contributed by atoms with van der Waals surface area (Å²) in [6.07, 6.45) is 12.8. The lowest BCUT2D eigenvalue weighted by molar-refractivity contribution is -0.124. The Morgan fingerprint density at radius 3 is 2.38 bits per heavy atom. The minimum atomic E-state index is 0.142. The highest BCUT2D eigenvalue weighted by Gasteiger charge is 2.29. The van der Waals surface area contributed by atoms with Crippen molar-refractivity contribution in [2.45, 2.75) is 63.8 Å².